The third kappa shape index (κ3) is 5.16. The molecule has 3 heteroatoms. The first-order valence-corrected chi connectivity index (χ1v) is 8.88. The van der Waals surface area contributed by atoms with Crippen molar-refractivity contribution in [2.75, 3.05) is 0 Å². The topological polar surface area (TPSA) is 12.4 Å². The Kier molecular flexibility index (Phi) is 5.81. The molecule has 0 aromatic heterocycles. The van der Waals surface area contributed by atoms with E-state index in [0.29, 0.717) is 0 Å². The smallest absolute Gasteiger partial charge is 0.124 e. The molecule has 3 aromatic rings. The van der Waals surface area contributed by atoms with E-state index in [1.807, 2.05) is 60.0 Å². The predicted molar refractivity (Wildman–Crippen MR) is 105 cm³/mol. The van der Waals surface area contributed by atoms with Gasteiger partial charge in [-0.15, -0.1) is 0 Å². The number of allylic oxidation sites excluding steroid dienone is 1. The van der Waals surface area contributed by atoms with Crippen molar-refractivity contribution < 1.29 is 4.39 Å². The highest BCUT2D eigenvalue weighted by Gasteiger charge is 2.02. The van der Waals surface area contributed by atoms with Crippen molar-refractivity contribution in [2.24, 2.45) is 4.99 Å². The SMILES string of the molecule is Cc1cccc(C(C=CSc2cccc(F)c2)=Nc2ccccc2)c1. The zero-order valence-corrected chi connectivity index (χ0v) is 14.7. The van der Waals surface area contributed by atoms with Crippen molar-refractivity contribution in [1.29, 1.82) is 0 Å². The Bertz CT molecular complexity index is 901. The second-order valence-electron chi connectivity index (χ2n) is 5.58. The maximum atomic E-state index is 13.3. The summed E-state index contributed by atoms with van der Waals surface area (Å²) in [4.78, 5) is 5.62. The third-order valence-electron chi connectivity index (χ3n) is 3.55. The highest BCUT2D eigenvalue weighted by Crippen LogP contribution is 2.21. The lowest BCUT2D eigenvalue weighted by Gasteiger charge is -2.04. The lowest BCUT2D eigenvalue weighted by molar-refractivity contribution is 0.624. The molecular formula is C22H18FNS. The van der Waals surface area contributed by atoms with Gasteiger partial charge in [0, 0.05) is 10.5 Å². The van der Waals surface area contributed by atoms with Crippen LogP contribution in [0.15, 0.2) is 100 Å². The van der Waals surface area contributed by atoms with Gasteiger partial charge in [0.15, 0.2) is 0 Å². The van der Waals surface area contributed by atoms with Crippen LogP contribution in [-0.4, -0.2) is 5.71 Å². The molecule has 3 rings (SSSR count). The van der Waals surface area contributed by atoms with Crippen LogP contribution in [0.5, 0.6) is 0 Å². The second-order valence-corrected chi connectivity index (χ2v) is 6.56. The summed E-state index contributed by atoms with van der Waals surface area (Å²) in [5.41, 5.74) is 4.02. The van der Waals surface area contributed by atoms with E-state index in [-0.39, 0.29) is 5.82 Å². The summed E-state index contributed by atoms with van der Waals surface area (Å²) in [5.74, 6) is -0.227. The summed E-state index contributed by atoms with van der Waals surface area (Å²) >= 11 is 1.47. The average Bonchev–Trinajstić information content (AvgIpc) is 2.62. The van der Waals surface area contributed by atoms with Gasteiger partial charge < -0.3 is 0 Å². The van der Waals surface area contributed by atoms with Gasteiger partial charge in [-0.05, 0) is 54.8 Å². The Balaban J connectivity index is 1.88. The molecule has 0 saturated heterocycles. The summed E-state index contributed by atoms with van der Waals surface area (Å²) in [6.45, 7) is 2.06. The Labute approximate surface area is 151 Å². The number of rotatable bonds is 5. The van der Waals surface area contributed by atoms with Crippen molar-refractivity contribution in [1.82, 2.24) is 0 Å². The van der Waals surface area contributed by atoms with Crippen molar-refractivity contribution in [3.05, 3.63) is 107 Å². The van der Waals surface area contributed by atoms with Gasteiger partial charge in [-0.2, -0.15) is 0 Å². The van der Waals surface area contributed by atoms with E-state index in [0.717, 1.165) is 21.9 Å². The molecule has 124 valence electrons. The van der Waals surface area contributed by atoms with Crippen LogP contribution in [0, 0.1) is 12.7 Å². The summed E-state index contributed by atoms with van der Waals surface area (Å²) < 4.78 is 13.3. The van der Waals surface area contributed by atoms with Crippen LogP contribution >= 0.6 is 11.8 Å². The molecule has 0 aliphatic carbocycles. The van der Waals surface area contributed by atoms with E-state index in [4.69, 9.17) is 4.99 Å². The van der Waals surface area contributed by atoms with Gasteiger partial charge in [0.25, 0.3) is 0 Å². The monoisotopic (exact) mass is 347 g/mol. The van der Waals surface area contributed by atoms with E-state index in [9.17, 15) is 4.39 Å². The molecule has 0 bridgehead atoms. The van der Waals surface area contributed by atoms with Crippen LogP contribution < -0.4 is 0 Å². The molecule has 0 amide bonds. The molecule has 0 saturated carbocycles. The number of para-hydroxylation sites is 1. The van der Waals surface area contributed by atoms with E-state index in [1.165, 1.54) is 29.5 Å². The Morgan fingerprint density at radius 3 is 2.48 bits per heavy atom. The quantitative estimate of drug-likeness (QED) is 0.376. The maximum Gasteiger partial charge on any atom is 0.124 e. The molecular weight excluding hydrogens is 329 g/mol. The molecule has 25 heavy (non-hydrogen) atoms. The van der Waals surface area contributed by atoms with Crippen molar-refractivity contribution in [3.63, 3.8) is 0 Å². The average molecular weight is 347 g/mol. The summed E-state index contributed by atoms with van der Waals surface area (Å²) in [6, 6.07) is 24.7. The van der Waals surface area contributed by atoms with Gasteiger partial charge in [-0.1, -0.05) is 59.8 Å². The molecule has 0 unspecified atom stereocenters. The fourth-order valence-electron chi connectivity index (χ4n) is 2.36. The van der Waals surface area contributed by atoms with Crippen molar-refractivity contribution >= 4 is 23.2 Å². The molecule has 0 aliphatic rings. The van der Waals surface area contributed by atoms with E-state index in [1.54, 1.807) is 6.07 Å². The van der Waals surface area contributed by atoms with Crippen molar-refractivity contribution in [3.8, 4) is 0 Å². The number of hydrogen-bond acceptors (Lipinski definition) is 2. The first-order valence-electron chi connectivity index (χ1n) is 8.00. The highest BCUT2D eigenvalue weighted by atomic mass is 32.2. The number of aryl methyl sites for hydroxylation is 1. The first kappa shape index (κ1) is 17.2. The number of aliphatic imine (C=N–C) groups is 1. The minimum Gasteiger partial charge on any atom is -0.248 e. The maximum absolute atomic E-state index is 13.3. The lowest BCUT2D eigenvalue weighted by atomic mass is 10.1. The standard InChI is InChI=1S/C22H18FNS/c1-17-7-5-8-18(15-17)22(24-20-10-3-2-4-11-20)13-14-25-21-12-6-9-19(23)16-21/h2-16H,1H3. The van der Waals surface area contributed by atoms with Crippen LogP contribution in [0.2, 0.25) is 0 Å². The zero-order chi connectivity index (χ0) is 17.5. The molecule has 0 heterocycles. The largest absolute Gasteiger partial charge is 0.248 e. The zero-order valence-electron chi connectivity index (χ0n) is 13.9. The number of benzene rings is 3. The van der Waals surface area contributed by atoms with Gasteiger partial charge in [-0.3, -0.25) is 0 Å². The Morgan fingerprint density at radius 2 is 1.72 bits per heavy atom. The minimum absolute atomic E-state index is 0.227. The van der Waals surface area contributed by atoms with E-state index < -0.39 is 0 Å². The summed E-state index contributed by atoms with van der Waals surface area (Å²) in [7, 11) is 0. The van der Waals surface area contributed by atoms with Crippen molar-refractivity contribution in [2.45, 2.75) is 11.8 Å². The van der Waals surface area contributed by atoms with Crippen LogP contribution in [0.3, 0.4) is 0 Å². The van der Waals surface area contributed by atoms with Gasteiger partial charge in [0.2, 0.25) is 0 Å². The molecule has 0 aliphatic heterocycles. The molecule has 0 spiro atoms. The second kappa shape index (κ2) is 8.45. The lowest BCUT2D eigenvalue weighted by Crippen LogP contribution is -1.96. The molecule has 3 aromatic carbocycles. The summed E-state index contributed by atoms with van der Waals surface area (Å²) in [5, 5.41) is 1.94. The molecule has 0 radical (unpaired) electrons. The Morgan fingerprint density at radius 1 is 0.920 bits per heavy atom. The van der Waals surface area contributed by atoms with Gasteiger partial charge >= 0.3 is 0 Å². The van der Waals surface area contributed by atoms with E-state index >= 15 is 0 Å². The summed E-state index contributed by atoms with van der Waals surface area (Å²) in [6.07, 6.45) is 1.97. The first-order chi connectivity index (χ1) is 12.2. The third-order valence-corrected chi connectivity index (χ3v) is 4.34. The van der Waals surface area contributed by atoms with Crippen LogP contribution in [-0.2, 0) is 0 Å². The fourth-order valence-corrected chi connectivity index (χ4v) is 3.05. The normalized spacial score (nSPS) is 11.8. The fraction of sp³-hybridized carbons (Fsp3) is 0.0455. The highest BCUT2D eigenvalue weighted by molar-refractivity contribution is 8.02. The predicted octanol–water partition coefficient (Wildman–Crippen LogP) is 6.56. The molecule has 0 fully saturated rings. The number of halogens is 1. The van der Waals surface area contributed by atoms with Gasteiger partial charge in [-0.25, -0.2) is 9.38 Å². The number of hydrogen-bond donors (Lipinski definition) is 0. The molecule has 0 N–H and O–H groups in total. The number of thioether (sulfide) groups is 1. The molecule has 1 nitrogen and oxygen atoms in total. The molecule has 0 atom stereocenters. The van der Waals surface area contributed by atoms with Gasteiger partial charge in [0.1, 0.15) is 5.82 Å². The minimum atomic E-state index is -0.227. The van der Waals surface area contributed by atoms with Gasteiger partial charge in [0.05, 0.1) is 11.4 Å². The van der Waals surface area contributed by atoms with Crippen LogP contribution in [0.25, 0.3) is 0 Å². The number of nitrogens with zero attached hydrogens (tertiary/aromatic N) is 1. The Hall–Kier alpha value is -2.65. The van der Waals surface area contributed by atoms with Crippen LogP contribution in [0.4, 0.5) is 10.1 Å². The van der Waals surface area contributed by atoms with Crippen LogP contribution in [0.1, 0.15) is 11.1 Å². The van der Waals surface area contributed by atoms with E-state index in [2.05, 4.69) is 19.1 Å².